The van der Waals surface area contributed by atoms with Crippen LogP contribution in [0.1, 0.15) is 13.3 Å². The number of benzene rings is 1. The van der Waals surface area contributed by atoms with Crippen LogP contribution >= 0.6 is 0 Å². The summed E-state index contributed by atoms with van der Waals surface area (Å²) in [4.78, 5) is 16.2. The fraction of sp³-hybridized carbons (Fsp3) is 0.286. The van der Waals surface area contributed by atoms with E-state index in [1.807, 2.05) is 22.9 Å². The third kappa shape index (κ3) is 3.89. The lowest BCUT2D eigenvalue weighted by molar-refractivity contribution is -0.122. The Balaban J connectivity index is 1.56. The van der Waals surface area contributed by atoms with E-state index in [0.717, 1.165) is 28.9 Å². The normalized spacial score (nSPS) is 18.3. The van der Waals surface area contributed by atoms with Crippen LogP contribution in [0, 0.1) is 17.7 Å². The maximum Gasteiger partial charge on any atom is 0.223 e. The standard InChI is InChI=1S/C21H21FN4O/c1-14-11-18(14)21(27)24-9-10-26-20(16-3-2-8-23-13-16)12-19(25-26)15-4-6-17(22)7-5-15/h2-8,12-14,18H,9-11H2,1H3,(H,24,27)/t14-,18-/m1/s1. The Bertz CT molecular complexity index is 937. The highest BCUT2D eigenvalue weighted by molar-refractivity contribution is 5.81. The van der Waals surface area contributed by atoms with Crippen LogP contribution in [0.4, 0.5) is 4.39 Å². The summed E-state index contributed by atoms with van der Waals surface area (Å²) in [6.07, 6.45) is 4.48. The third-order valence-corrected chi connectivity index (χ3v) is 4.95. The second-order valence-corrected chi connectivity index (χ2v) is 7.00. The Morgan fingerprint density at radius 2 is 2.04 bits per heavy atom. The summed E-state index contributed by atoms with van der Waals surface area (Å²) in [6, 6.07) is 12.1. The first-order valence-corrected chi connectivity index (χ1v) is 9.14. The molecule has 1 fully saturated rings. The average molecular weight is 364 g/mol. The highest BCUT2D eigenvalue weighted by Crippen LogP contribution is 2.37. The van der Waals surface area contributed by atoms with Gasteiger partial charge in [-0.25, -0.2) is 4.39 Å². The molecule has 0 radical (unpaired) electrons. The van der Waals surface area contributed by atoms with E-state index in [2.05, 4.69) is 22.3 Å². The summed E-state index contributed by atoms with van der Waals surface area (Å²) in [5, 5.41) is 7.67. The van der Waals surface area contributed by atoms with Crippen molar-refractivity contribution < 1.29 is 9.18 Å². The number of halogens is 1. The molecule has 1 amide bonds. The molecular weight excluding hydrogens is 343 g/mol. The van der Waals surface area contributed by atoms with Gasteiger partial charge in [0.2, 0.25) is 5.91 Å². The van der Waals surface area contributed by atoms with E-state index < -0.39 is 0 Å². The minimum atomic E-state index is -0.275. The first-order chi connectivity index (χ1) is 13.1. The fourth-order valence-corrected chi connectivity index (χ4v) is 3.20. The van der Waals surface area contributed by atoms with Crippen LogP contribution in [0.3, 0.4) is 0 Å². The van der Waals surface area contributed by atoms with Gasteiger partial charge in [-0.05, 0) is 54.8 Å². The Kier molecular flexibility index (Phi) is 4.71. The zero-order chi connectivity index (χ0) is 18.8. The number of carbonyl (C=O) groups is 1. The largest absolute Gasteiger partial charge is 0.354 e. The van der Waals surface area contributed by atoms with Crippen molar-refractivity contribution in [1.82, 2.24) is 20.1 Å². The van der Waals surface area contributed by atoms with Crippen LogP contribution < -0.4 is 5.32 Å². The molecule has 138 valence electrons. The van der Waals surface area contributed by atoms with Gasteiger partial charge in [0.05, 0.1) is 17.9 Å². The predicted molar refractivity (Wildman–Crippen MR) is 101 cm³/mol. The van der Waals surface area contributed by atoms with Crippen molar-refractivity contribution in [1.29, 1.82) is 0 Å². The molecule has 0 aliphatic heterocycles. The predicted octanol–water partition coefficient (Wildman–Crippen LogP) is 3.52. The molecule has 0 bridgehead atoms. The van der Waals surface area contributed by atoms with Crippen LogP contribution in [0.2, 0.25) is 0 Å². The molecule has 5 nitrogen and oxygen atoms in total. The quantitative estimate of drug-likeness (QED) is 0.728. The number of nitrogens with one attached hydrogen (secondary N) is 1. The van der Waals surface area contributed by atoms with Crippen molar-refractivity contribution in [2.24, 2.45) is 11.8 Å². The highest BCUT2D eigenvalue weighted by atomic mass is 19.1. The second kappa shape index (κ2) is 7.31. The monoisotopic (exact) mass is 364 g/mol. The van der Waals surface area contributed by atoms with E-state index in [9.17, 15) is 9.18 Å². The van der Waals surface area contributed by atoms with Crippen LogP contribution in [0.15, 0.2) is 54.9 Å². The van der Waals surface area contributed by atoms with Crippen molar-refractivity contribution in [2.75, 3.05) is 6.54 Å². The van der Waals surface area contributed by atoms with Gasteiger partial charge in [-0.1, -0.05) is 6.92 Å². The molecule has 2 heterocycles. The number of aromatic nitrogens is 3. The summed E-state index contributed by atoms with van der Waals surface area (Å²) in [6.45, 7) is 3.16. The lowest BCUT2D eigenvalue weighted by Gasteiger charge is -2.08. The van der Waals surface area contributed by atoms with Gasteiger partial charge in [-0.2, -0.15) is 5.10 Å². The zero-order valence-corrected chi connectivity index (χ0v) is 15.1. The van der Waals surface area contributed by atoms with Crippen molar-refractivity contribution in [3.63, 3.8) is 0 Å². The molecule has 2 atom stereocenters. The zero-order valence-electron chi connectivity index (χ0n) is 15.1. The molecule has 3 aromatic rings. The summed E-state index contributed by atoms with van der Waals surface area (Å²) in [5.74, 6) is 0.500. The lowest BCUT2D eigenvalue weighted by atomic mass is 10.1. The maximum atomic E-state index is 13.2. The summed E-state index contributed by atoms with van der Waals surface area (Å²) < 4.78 is 15.1. The molecule has 4 rings (SSSR count). The van der Waals surface area contributed by atoms with Crippen LogP contribution in [0.25, 0.3) is 22.5 Å². The van der Waals surface area contributed by atoms with Crippen molar-refractivity contribution in [3.05, 3.63) is 60.7 Å². The van der Waals surface area contributed by atoms with Crippen LogP contribution in [-0.2, 0) is 11.3 Å². The van der Waals surface area contributed by atoms with Gasteiger partial charge in [0.1, 0.15) is 5.82 Å². The van der Waals surface area contributed by atoms with Gasteiger partial charge in [-0.3, -0.25) is 14.5 Å². The van der Waals surface area contributed by atoms with Gasteiger partial charge >= 0.3 is 0 Å². The van der Waals surface area contributed by atoms with Crippen molar-refractivity contribution >= 4 is 5.91 Å². The van der Waals surface area contributed by atoms with Gasteiger partial charge < -0.3 is 5.32 Å². The minimum absolute atomic E-state index is 0.122. The SMILES string of the molecule is C[C@@H]1C[C@H]1C(=O)NCCn1nc(-c2ccc(F)cc2)cc1-c1cccnc1. The summed E-state index contributed by atoms with van der Waals surface area (Å²) in [5.41, 5.74) is 3.46. The van der Waals surface area contributed by atoms with Crippen LogP contribution in [0.5, 0.6) is 0 Å². The number of pyridine rings is 1. The second-order valence-electron chi connectivity index (χ2n) is 7.00. The lowest BCUT2D eigenvalue weighted by Crippen LogP contribution is -2.29. The molecule has 1 aliphatic carbocycles. The Hall–Kier alpha value is -3.02. The first kappa shape index (κ1) is 17.4. The van der Waals surface area contributed by atoms with Gasteiger partial charge in [0.15, 0.2) is 0 Å². The van der Waals surface area contributed by atoms with E-state index in [-0.39, 0.29) is 17.6 Å². The summed E-state index contributed by atoms with van der Waals surface area (Å²) >= 11 is 0. The van der Waals surface area contributed by atoms with E-state index in [4.69, 9.17) is 0 Å². The average Bonchev–Trinajstić information content (AvgIpc) is 3.27. The van der Waals surface area contributed by atoms with Gasteiger partial charge in [0.25, 0.3) is 0 Å². The van der Waals surface area contributed by atoms with E-state index >= 15 is 0 Å². The van der Waals surface area contributed by atoms with E-state index in [1.165, 1.54) is 12.1 Å². The molecule has 2 aromatic heterocycles. The topological polar surface area (TPSA) is 59.8 Å². The summed E-state index contributed by atoms with van der Waals surface area (Å²) in [7, 11) is 0. The van der Waals surface area contributed by atoms with E-state index in [0.29, 0.717) is 19.0 Å². The molecule has 6 heteroatoms. The molecule has 1 aromatic carbocycles. The van der Waals surface area contributed by atoms with Crippen LogP contribution in [-0.4, -0.2) is 27.2 Å². The molecule has 1 saturated carbocycles. The number of hydrogen-bond acceptors (Lipinski definition) is 3. The Labute approximate surface area is 157 Å². The Morgan fingerprint density at radius 1 is 1.26 bits per heavy atom. The number of nitrogens with zero attached hydrogens (tertiary/aromatic N) is 3. The molecule has 1 N–H and O–H groups in total. The minimum Gasteiger partial charge on any atom is -0.354 e. The van der Waals surface area contributed by atoms with Crippen molar-refractivity contribution in [2.45, 2.75) is 19.9 Å². The van der Waals surface area contributed by atoms with Gasteiger partial charge in [-0.15, -0.1) is 0 Å². The molecular formula is C21H21FN4O. The Morgan fingerprint density at radius 3 is 2.70 bits per heavy atom. The molecule has 27 heavy (non-hydrogen) atoms. The molecule has 1 aliphatic rings. The number of amides is 1. The van der Waals surface area contributed by atoms with Crippen molar-refractivity contribution in [3.8, 4) is 22.5 Å². The third-order valence-electron chi connectivity index (χ3n) is 4.95. The fourth-order valence-electron chi connectivity index (χ4n) is 3.20. The van der Waals surface area contributed by atoms with Gasteiger partial charge in [0, 0.05) is 36.0 Å². The smallest absolute Gasteiger partial charge is 0.223 e. The number of rotatable bonds is 6. The van der Waals surface area contributed by atoms with E-state index in [1.54, 1.807) is 24.5 Å². The highest BCUT2D eigenvalue weighted by Gasteiger charge is 2.38. The number of carbonyl (C=O) groups excluding carboxylic acids is 1. The molecule has 0 saturated heterocycles. The molecule has 0 spiro atoms. The molecule has 0 unspecified atom stereocenters. The first-order valence-electron chi connectivity index (χ1n) is 9.14. The number of hydrogen-bond donors (Lipinski definition) is 1. The maximum absolute atomic E-state index is 13.2.